The van der Waals surface area contributed by atoms with Crippen LogP contribution in [0.15, 0.2) is 71.6 Å². The number of aromatic nitrogens is 2. The van der Waals surface area contributed by atoms with Crippen molar-refractivity contribution in [3.8, 4) is 5.75 Å². The molecule has 4 aromatic rings. The lowest BCUT2D eigenvalue weighted by molar-refractivity contribution is 0.475. The fourth-order valence-corrected chi connectivity index (χ4v) is 3.35. The molecule has 0 saturated heterocycles. The van der Waals surface area contributed by atoms with Gasteiger partial charge in [-0.15, -0.1) is 0 Å². The number of anilines is 3. The van der Waals surface area contributed by atoms with E-state index in [0.29, 0.717) is 11.6 Å². The summed E-state index contributed by atoms with van der Waals surface area (Å²) in [7, 11) is 0. The lowest BCUT2D eigenvalue weighted by atomic mass is 10.2. The lowest BCUT2D eigenvalue weighted by Gasteiger charge is -2.13. The molecule has 0 radical (unpaired) electrons. The molecule has 4 rings (SSSR count). The predicted octanol–water partition coefficient (Wildman–Crippen LogP) is 5.82. The minimum absolute atomic E-state index is 0.221. The van der Waals surface area contributed by atoms with E-state index in [0.717, 1.165) is 27.2 Å². The van der Waals surface area contributed by atoms with Crippen LogP contribution in [0.25, 0.3) is 11.0 Å². The molecule has 0 atom stereocenters. The Morgan fingerprint density at radius 2 is 1.43 bits per heavy atom. The maximum Gasteiger partial charge on any atom is 0.180 e. The number of fused-ring (bicyclic) bond motifs is 1. The summed E-state index contributed by atoms with van der Waals surface area (Å²) in [5.74, 6) is 1.50. The Hall–Kier alpha value is -3.25. The van der Waals surface area contributed by atoms with E-state index < -0.39 is 0 Å². The third kappa shape index (κ3) is 4.18. The molecule has 0 spiro atoms. The lowest BCUT2D eigenvalue weighted by Crippen LogP contribution is -2.02. The second kappa shape index (κ2) is 7.78. The van der Waals surface area contributed by atoms with E-state index in [4.69, 9.17) is 9.97 Å². The number of nitrogens with zero attached hydrogens (tertiary/aromatic N) is 2. The Morgan fingerprint density at radius 3 is 2.18 bits per heavy atom. The zero-order valence-corrected chi connectivity index (χ0v) is 16.4. The highest BCUT2D eigenvalue weighted by atomic mass is 32.2. The molecule has 0 fully saturated rings. The Balaban J connectivity index is 1.68. The average molecular weight is 388 g/mol. The van der Waals surface area contributed by atoms with Gasteiger partial charge in [0, 0.05) is 10.6 Å². The predicted molar refractivity (Wildman–Crippen MR) is 116 cm³/mol. The molecule has 140 valence electrons. The molecule has 0 aliphatic rings. The van der Waals surface area contributed by atoms with Gasteiger partial charge in [-0.2, -0.15) is 0 Å². The van der Waals surface area contributed by atoms with Crippen molar-refractivity contribution in [3.05, 3.63) is 77.9 Å². The van der Waals surface area contributed by atoms with Crippen LogP contribution in [-0.2, 0) is 0 Å². The summed E-state index contributed by atoms with van der Waals surface area (Å²) in [4.78, 5) is 10.6. The van der Waals surface area contributed by atoms with Gasteiger partial charge < -0.3 is 15.1 Å². The fraction of sp³-hybridized carbons (Fsp3) is 0.0909. The maximum atomic E-state index is 9.51. The van der Waals surface area contributed by atoms with Gasteiger partial charge in [0.15, 0.2) is 11.6 Å². The third-order valence-corrected chi connectivity index (χ3v) is 5.04. The van der Waals surface area contributed by atoms with Crippen LogP contribution in [0.4, 0.5) is 17.3 Å². The van der Waals surface area contributed by atoms with Crippen LogP contribution in [0, 0.1) is 13.8 Å². The van der Waals surface area contributed by atoms with Crippen molar-refractivity contribution in [1.29, 1.82) is 0 Å². The first-order valence-corrected chi connectivity index (χ1v) is 9.72. The fourth-order valence-electron chi connectivity index (χ4n) is 2.72. The van der Waals surface area contributed by atoms with Crippen LogP contribution >= 0.6 is 11.9 Å². The van der Waals surface area contributed by atoms with Gasteiger partial charge in [-0.1, -0.05) is 23.8 Å². The smallest absolute Gasteiger partial charge is 0.180 e. The molecule has 0 saturated carbocycles. The number of phenolic OH excluding ortho intramolecular Hbond substituents is 1. The third-order valence-electron chi connectivity index (χ3n) is 4.24. The van der Waals surface area contributed by atoms with Crippen LogP contribution < -0.4 is 10.0 Å². The second-order valence-electron chi connectivity index (χ2n) is 6.60. The summed E-state index contributed by atoms with van der Waals surface area (Å²) >= 11 is 1.49. The van der Waals surface area contributed by atoms with Crippen LogP contribution in [0.2, 0.25) is 0 Å². The highest BCUT2D eigenvalue weighted by Gasteiger charge is 2.10. The Morgan fingerprint density at radius 1 is 0.750 bits per heavy atom. The number of hydrogen-bond donors (Lipinski definition) is 3. The molecule has 5 nitrogen and oxygen atoms in total. The van der Waals surface area contributed by atoms with Crippen molar-refractivity contribution in [2.45, 2.75) is 18.7 Å². The van der Waals surface area contributed by atoms with Gasteiger partial charge >= 0.3 is 0 Å². The highest BCUT2D eigenvalue weighted by Crippen LogP contribution is 2.29. The topological polar surface area (TPSA) is 70.1 Å². The van der Waals surface area contributed by atoms with Crippen molar-refractivity contribution in [2.24, 2.45) is 0 Å². The van der Waals surface area contributed by atoms with Crippen LogP contribution in [0.1, 0.15) is 11.1 Å². The molecule has 3 aromatic carbocycles. The van der Waals surface area contributed by atoms with Gasteiger partial charge in [-0.25, -0.2) is 9.97 Å². The van der Waals surface area contributed by atoms with E-state index in [1.807, 2.05) is 25.1 Å². The van der Waals surface area contributed by atoms with Crippen molar-refractivity contribution in [1.82, 2.24) is 9.97 Å². The number of aryl methyl sites for hydroxylation is 2. The Kier molecular flexibility index (Phi) is 5.04. The monoisotopic (exact) mass is 388 g/mol. The molecule has 1 aromatic heterocycles. The van der Waals surface area contributed by atoms with Gasteiger partial charge in [-0.05, 0) is 79.9 Å². The first kappa shape index (κ1) is 18.1. The molecule has 0 aliphatic carbocycles. The summed E-state index contributed by atoms with van der Waals surface area (Å²) < 4.78 is 3.32. The van der Waals surface area contributed by atoms with Crippen LogP contribution in [-0.4, -0.2) is 15.1 Å². The van der Waals surface area contributed by atoms with Crippen molar-refractivity contribution in [2.75, 3.05) is 10.0 Å². The molecular weight excluding hydrogens is 368 g/mol. The largest absolute Gasteiger partial charge is 0.508 e. The molecule has 28 heavy (non-hydrogen) atoms. The molecule has 3 N–H and O–H groups in total. The molecular formula is C22H20N4OS. The van der Waals surface area contributed by atoms with Gasteiger partial charge in [0.1, 0.15) is 5.75 Å². The minimum atomic E-state index is 0.221. The first-order valence-electron chi connectivity index (χ1n) is 8.91. The summed E-state index contributed by atoms with van der Waals surface area (Å²) in [6, 6.07) is 21.2. The summed E-state index contributed by atoms with van der Waals surface area (Å²) in [6.45, 7) is 4.10. The number of hydrogen-bond acceptors (Lipinski definition) is 6. The number of aromatic hydroxyl groups is 1. The molecule has 0 aliphatic heterocycles. The minimum Gasteiger partial charge on any atom is -0.508 e. The SMILES string of the molecule is Cc1ccc(SNc2nc3ccc(C)cc3nc2Nc2ccc(O)cc2)cc1. The molecule has 0 bridgehead atoms. The van der Waals surface area contributed by atoms with Gasteiger partial charge in [-0.3, -0.25) is 0 Å². The van der Waals surface area contributed by atoms with E-state index in [-0.39, 0.29) is 5.75 Å². The van der Waals surface area contributed by atoms with E-state index in [1.54, 1.807) is 24.3 Å². The first-order chi connectivity index (χ1) is 13.6. The average Bonchev–Trinajstić information content (AvgIpc) is 2.69. The van der Waals surface area contributed by atoms with Crippen molar-refractivity contribution < 1.29 is 5.11 Å². The quantitative estimate of drug-likeness (QED) is 0.296. The van der Waals surface area contributed by atoms with Gasteiger partial charge in [0.2, 0.25) is 0 Å². The molecule has 1 heterocycles. The van der Waals surface area contributed by atoms with Gasteiger partial charge in [0.05, 0.1) is 11.0 Å². The van der Waals surface area contributed by atoms with Crippen LogP contribution in [0.5, 0.6) is 5.75 Å². The highest BCUT2D eigenvalue weighted by molar-refractivity contribution is 8.00. The van der Waals surface area contributed by atoms with E-state index in [1.165, 1.54) is 17.5 Å². The van der Waals surface area contributed by atoms with E-state index >= 15 is 0 Å². The standard InChI is InChI=1S/C22H20N4OS/c1-14-3-10-18(11-4-14)28-26-22-21(23-16-6-8-17(27)9-7-16)25-20-13-15(2)5-12-19(20)24-22/h3-13,27H,1-2H3,(H,23,25)(H,24,26). The summed E-state index contributed by atoms with van der Waals surface area (Å²) in [6.07, 6.45) is 0. The number of phenols is 1. The normalized spacial score (nSPS) is 10.8. The number of benzene rings is 3. The van der Waals surface area contributed by atoms with Crippen molar-refractivity contribution >= 4 is 40.3 Å². The summed E-state index contributed by atoms with van der Waals surface area (Å²) in [5.41, 5.74) is 4.83. The molecule has 0 unspecified atom stereocenters. The second-order valence-corrected chi connectivity index (χ2v) is 7.48. The Bertz CT molecular complexity index is 1110. The van der Waals surface area contributed by atoms with E-state index in [2.05, 4.69) is 41.2 Å². The molecule has 0 amide bonds. The molecule has 6 heteroatoms. The zero-order chi connectivity index (χ0) is 19.5. The number of nitrogens with one attached hydrogen (secondary N) is 2. The van der Waals surface area contributed by atoms with Crippen molar-refractivity contribution in [3.63, 3.8) is 0 Å². The van der Waals surface area contributed by atoms with E-state index in [9.17, 15) is 5.11 Å². The Labute approximate surface area is 168 Å². The van der Waals surface area contributed by atoms with Crippen LogP contribution in [0.3, 0.4) is 0 Å². The number of rotatable bonds is 5. The summed E-state index contributed by atoms with van der Waals surface area (Å²) in [5, 5.41) is 12.8. The van der Waals surface area contributed by atoms with Gasteiger partial charge in [0.25, 0.3) is 0 Å². The zero-order valence-electron chi connectivity index (χ0n) is 15.6. The maximum absolute atomic E-state index is 9.51.